The number of nitrogens with zero attached hydrogens (tertiary/aromatic N) is 4. The van der Waals surface area contributed by atoms with Crippen LogP contribution in [0.3, 0.4) is 0 Å². The molecule has 0 spiro atoms. The molecular formula is C19H15Cl3N4O3. The highest BCUT2D eigenvalue weighted by Crippen LogP contribution is 2.27. The van der Waals surface area contributed by atoms with Crippen LogP contribution in [-0.4, -0.2) is 37.0 Å². The summed E-state index contributed by atoms with van der Waals surface area (Å²) in [4.78, 5) is 35.1. The molecule has 29 heavy (non-hydrogen) atoms. The molecule has 0 unspecified atom stereocenters. The summed E-state index contributed by atoms with van der Waals surface area (Å²) < 4.78 is 1.58. The Bertz CT molecular complexity index is 1140. The van der Waals surface area contributed by atoms with Crippen LogP contribution in [0.4, 0.5) is 0 Å². The quantitative estimate of drug-likeness (QED) is 0.657. The third-order valence-corrected chi connectivity index (χ3v) is 5.29. The first-order valence-electron chi connectivity index (χ1n) is 8.41. The van der Waals surface area contributed by atoms with Crippen LogP contribution in [0.25, 0.3) is 11.3 Å². The Morgan fingerprint density at radius 1 is 1.10 bits per heavy atom. The van der Waals surface area contributed by atoms with E-state index in [9.17, 15) is 14.7 Å². The number of rotatable bonds is 3. The second kappa shape index (κ2) is 8.41. The van der Waals surface area contributed by atoms with Gasteiger partial charge in [0.15, 0.2) is 11.4 Å². The first-order valence-corrected chi connectivity index (χ1v) is 9.17. The zero-order valence-electron chi connectivity index (χ0n) is 14.9. The summed E-state index contributed by atoms with van der Waals surface area (Å²) in [7, 11) is 0. The molecular weight excluding hydrogens is 439 g/mol. The summed E-state index contributed by atoms with van der Waals surface area (Å²) in [6, 6.07) is 5.13. The van der Waals surface area contributed by atoms with E-state index in [0.29, 0.717) is 28.8 Å². The predicted octanol–water partition coefficient (Wildman–Crippen LogP) is 3.40. The van der Waals surface area contributed by atoms with Gasteiger partial charge in [-0.1, -0.05) is 29.3 Å². The zero-order chi connectivity index (χ0) is 19.8. The molecule has 4 rings (SSSR count). The highest BCUT2D eigenvalue weighted by atomic mass is 35.5. The van der Waals surface area contributed by atoms with Gasteiger partial charge in [0.1, 0.15) is 0 Å². The number of benzene rings is 1. The smallest absolute Gasteiger partial charge is 0.274 e. The van der Waals surface area contributed by atoms with Gasteiger partial charge in [0.05, 0.1) is 27.5 Å². The molecule has 7 nitrogen and oxygen atoms in total. The van der Waals surface area contributed by atoms with Crippen molar-refractivity contribution in [2.45, 2.75) is 13.1 Å². The van der Waals surface area contributed by atoms with Crippen molar-refractivity contribution < 1.29 is 9.90 Å². The second-order valence-electron chi connectivity index (χ2n) is 6.33. The van der Waals surface area contributed by atoms with E-state index in [1.165, 1.54) is 24.8 Å². The number of hydrogen-bond donors (Lipinski definition) is 1. The highest BCUT2D eigenvalue weighted by Gasteiger charge is 2.30. The molecule has 0 saturated heterocycles. The van der Waals surface area contributed by atoms with Gasteiger partial charge >= 0.3 is 0 Å². The maximum Gasteiger partial charge on any atom is 0.274 e. The van der Waals surface area contributed by atoms with Gasteiger partial charge < -0.3 is 14.6 Å². The van der Waals surface area contributed by atoms with Crippen LogP contribution in [-0.2, 0) is 13.1 Å². The topological polar surface area (TPSA) is 88.3 Å². The van der Waals surface area contributed by atoms with Crippen molar-refractivity contribution in [2.24, 2.45) is 0 Å². The zero-order valence-corrected chi connectivity index (χ0v) is 17.2. The summed E-state index contributed by atoms with van der Waals surface area (Å²) in [6.07, 6.45) is 5.92. The predicted molar refractivity (Wildman–Crippen MR) is 112 cm³/mol. The third kappa shape index (κ3) is 3.94. The van der Waals surface area contributed by atoms with Crippen molar-refractivity contribution in [2.75, 3.05) is 6.54 Å². The van der Waals surface area contributed by atoms with Crippen molar-refractivity contribution in [1.82, 2.24) is 19.4 Å². The molecule has 0 fully saturated rings. The Morgan fingerprint density at radius 3 is 2.59 bits per heavy atom. The highest BCUT2D eigenvalue weighted by molar-refractivity contribution is 6.42. The summed E-state index contributed by atoms with van der Waals surface area (Å²) >= 11 is 12.0. The molecule has 3 heterocycles. The van der Waals surface area contributed by atoms with E-state index >= 15 is 0 Å². The van der Waals surface area contributed by atoms with Gasteiger partial charge in [0.2, 0.25) is 5.43 Å². The molecule has 0 bridgehead atoms. The molecule has 0 atom stereocenters. The van der Waals surface area contributed by atoms with Crippen LogP contribution in [0.2, 0.25) is 10.0 Å². The summed E-state index contributed by atoms with van der Waals surface area (Å²) in [5.74, 6) is -1.02. The number of amides is 1. The molecule has 0 aliphatic carbocycles. The minimum absolute atomic E-state index is 0. The van der Waals surface area contributed by atoms with Crippen LogP contribution in [0.15, 0.2) is 47.8 Å². The number of fused-ring (bicyclic) bond motifs is 1. The number of halogens is 3. The fourth-order valence-electron chi connectivity index (χ4n) is 3.16. The van der Waals surface area contributed by atoms with E-state index in [4.69, 9.17) is 23.2 Å². The van der Waals surface area contributed by atoms with E-state index in [1.807, 2.05) is 0 Å². The monoisotopic (exact) mass is 452 g/mol. The average Bonchev–Trinajstić information content (AvgIpc) is 2.70. The summed E-state index contributed by atoms with van der Waals surface area (Å²) in [6.45, 7) is 1.12. The molecule has 1 aliphatic rings. The Hall–Kier alpha value is -2.61. The molecule has 0 radical (unpaired) electrons. The second-order valence-corrected chi connectivity index (χ2v) is 7.14. The lowest BCUT2D eigenvalue weighted by atomic mass is 10.1. The standard InChI is InChI=1S/C19H14Cl2N4O3.ClH/c20-13-2-1-11(7-14(13)21)9-25-6-5-24-10-12(15-8-22-3-4-23-15)17(26)18(27)16(24)19(25)28;/h1-4,7-8,10,27H,5-6,9H2;1H. The van der Waals surface area contributed by atoms with E-state index in [2.05, 4.69) is 9.97 Å². The third-order valence-electron chi connectivity index (χ3n) is 4.55. The number of aromatic nitrogens is 3. The normalized spacial score (nSPS) is 13.0. The van der Waals surface area contributed by atoms with Crippen LogP contribution in [0.1, 0.15) is 16.1 Å². The van der Waals surface area contributed by atoms with Gasteiger partial charge in [0.25, 0.3) is 5.91 Å². The molecule has 3 aromatic rings. The average molecular weight is 454 g/mol. The van der Waals surface area contributed by atoms with Crippen LogP contribution in [0.5, 0.6) is 5.75 Å². The lowest BCUT2D eigenvalue weighted by Gasteiger charge is -2.30. The number of carbonyl (C=O) groups excluding carboxylic acids is 1. The minimum Gasteiger partial charge on any atom is -0.503 e. The van der Waals surface area contributed by atoms with E-state index in [-0.39, 0.29) is 30.2 Å². The molecule has 150 valence electrons. The van der Waals surface area contributed by atoms with Gasteiger partial charge in [-0.2, -0.15) is 0 Å². The lowest BCUT2D eigenvalue weighted by molar-refractivity contribution is 0.0683. The molecule has 1 aliphatic heterocycles. The van der Waals surface area contributed by atoms with Gasteiger partial charge in [-0.05, 0) is 17.7 Å². The van der Waals surface area contributed by atoms with E-state index in [1.54, 1.807) is 27.7 Å². The Labute approximate surface area is 182 Å². The SMILES string of the molecule is Cl.O=C1c2c(O)c(=O)c(-c3cnccn3)cn2CCN1Cc1ccc(Cl)c(Cl)c1. The Kier molecular flexibility index (Phi) is 6.12. The molecule has 1 amide bonds. The molecule has 10 heteroatoms. The molecule has 2 aromatic heterocycles. The van der Waals surface area contributed by atoms with Gasteiger partial charge in [-0.15, -0.1) is 12.4 Å². The lowest BCUT2D eigenvalue weighted by Crippen LogP contribution is -2.41. The van der Waals surface area contributed by atoms with E-state index < -0.39 is 17.1 Å². The van der Waals surface area contributed by atoms with Crippen molar-refractivity contribution >= 4 is 41.5 Å². The van der Waals surface area contributed by atoms with Crippen molar-refractivity contribution in [3.8, 4) is 17.0 Å². The maximum absolute atomic E-state index is 12.9. The van der Waals surface area contributed by atoms with Crippen LogP contribution < -0.4 is 5.43 Å². The van der Waals surface area contributed by atoms with Crippen molar-refractivity contribution in [3.05, 3.63) is 74.5 Å². The fourth-order valence-corrected chi connectivity index (χ4v) is 3.48. The molecule has 0 saturated carbocycles. The number of carbonyl (C=O) groups is 1. The number of aromatic hydroxyl groups is 1. The van der Waals surface area contributed by atoms with Gasteiger partial charge in [-0.25, -0.2) is 0 Å². The van der Waals surface area contributed by atoms with Crippen molar-refractivity contribution in [1.29, 1.82) is 0 Å². The van der Waals surface area contributed by atoms with E-state index in [0.717, 1.165) is 5.56 Å². The molecule has 1 N–H and O–H groups in total. The number of pyridine rings is 1. The van der Waals surface area contributed by atoms with Crippen LogP contribution in [0, 0.1) is 0 Å². The minimum atomic E-state index is -0.656. The summed E-state index contributed by atoms with van der Waals surface area (Å²) in [5.41, 5.74) is 0.638. The van der Waals surface area contributed by atoms with Gasteiger partial charge in [-0.3, -0.25) is 19.6 Å². The van der Waals surface area contributed by atoms with Crippen LogP contribution >= 0.6 is 35.6 Å². The number of hydrogen-bond acceptors (Lipinski definition) is 5. The largest absolute Gasteiger partial charge is 0.503 e. The Balaban J connectivity index is 0.00000240. The first kappa shape index (κ1) is 21.1. The van der Waals surface area contributed by atoms with Gasteiger partial charge in [0, 0.05) is 38.2 Å². The first-order chi connectivity index (χ1) is 13.5. The van der Waals surface area contributed by atoms with Crippen molar-refractivity contribution in [3.63, 3.8) is 0 Å². The maximum atomic E-state index is 12.9. The summed E-state index contributed by atoms with van der Waals surface area (Å²) in [5, 5.41) is 11.3. The fraction of sp³-hybridized carbons (Fsp3) is 0.158. The Morgan fingerprint density at radius 2 is 1.90 bits per heavy atom. The molecule has 1 aromatic carbocycles.